The van der Waals surface area contributed by atoms with E-state index < -0.39 is 0 Å². The van der Waals surface area contributed by atoms with Crippen molar-refractivity contribution in [3.63, 3.8) is 0 Å². The third kappa shape index (κ3) is 4.43. The van der Waals surface area contributed by atoms with Crippen LogP contribution in [0.25, 0.3) is 0 Å². The smallest absolute Gasteiger partial charge is 0.166 e. The summed E-state index contributed by atoms with van der Waals surface area (Å²) in [5.41, 5.74) is 0. The quantitative estimate of drug-likeness (QED) is 0.783. The van der Waals surface area contributed by atoms with Crippen LogP contribution in [-0.2, 0) is 0 Å². The van der Waals surface area contributed by atoms with Crippen molar-refractivity contribution >= 4 is 33.3 Å². The fourth-order valence-corrected chi connectivity index (χ4v) is 2.44. The highest BCUT2D eigenvalue weighted by Gasteiger charge is 2.16. The molecule has 17 heavy (non-hydrogen) atoms. The van der Waals surface area contributed by atoms with Crippen molar-refractivity contribution in [1.29, 1.82) is 0 Å². The van der Waals surface area contributed by atoms with E-state index in [-0.39, 0.29) is 17.0 Å². The highest BCUT2D eigenvalue weighted by atomic mass is 79.9. The van der Waals surface area contributed by atoms with E-state index in [1.54, 1.807) is 6.20 Å². The van der Waals surface area contributed by atoms with Crippen molar-refractivity contribution in [1.82, 2.24) is 4.98 Å². The van der Waals surface area contributed by atoms with E-state index >= 15 is 0 Å². The lowest BCUT2D eigenvalue weighted by molar-refractivity contribution is 0.474. The highest BCUT2D eigenvalue weighted by Crippen LogP contribution is 2.20. The molecular weight excluding hydrogens is 307 g/mol. The lowest BCUT2D eigenvalue weighted by atomic mass is 9.99. The topological polar surface area (TPSA) is 24.9 Å². The molecule has 0 saturated carbocycles. The largest absolute Gasteiger partial charge is 0.366 e. The van der Waals surface area contributed by atoms with Crippen LogP contribution in [0.1, 0.15) is 26.7 Å². The zero-order valence-corrected chi connectivity index (χ0v) is 12.4. The van der Waals surface area contributed by atoms with Crippen LogP contribution in [0.3, 0.4) is 0 Å². The van der Waals surface area contributed by atoms with Crippen LogP contribution in [0, 0.1) is 11.7 Å². The van der Waals surface area contributed by atoms with E-state index in [2.05, 4.69) is 40.1 Å². The van der Waals surface area contributed by atoms with Gasteiger partial charge in [0.25, 0.3) is 0 Å². The standard InChI is InChI=1S/C12H17BrClFN2/c1-3-8(4-2)10(14)7-17-12-11(15)5-9(13)6-16-12/h5-6,8,10H,3-4,7H2,1-2H3,(H,16,17). The van der Waals surface area contributed by atoms with Crippen LogP contribution in [0.5, 0.6) is 0 Å². The van der Waals surface area contributed by atoms with E-state index in [0.29, 0.717) is 16.9 Å². The molecule has 1 rings (SSSR count). The molecule has 1 heterocycles. The number of aromatic nitrogens is 1. The van der Waals surface area contributed by atoms with Crippen molar-refractivity contribution in [3.05, 3.63) is 22.6 Å². The third-order valence-corrected chi connectivity index (χ3v) is 3.78. The molecule has 0 radical (unpaired) electrons. The van der Waals surface area contributed by atoms with E-state index in [9.17, 15) is 4.39 Å². The molecular formula is C12H17BrClFN2. The molecule has 0 aromatic carbocycles. The minimum absolute atomic E-state index is 0.00477. The number of hydrogen-bond donors (Lipinski definition) is 1. The van der Waals surface area contributed by atoms with Gasteiger partial charge in [0.1, 0.15) is 0 Å². The van der Waals surface area contributed by atoms with Gasteiger partial charge in [-0.1, -0.05) is 26.7 Å². The first-order valence-electron chi connectivity index (χ1n) is 5.77. The molecule has 1 atom stereocenters. The number of nitrogens with one attached hydrogen (secondary N) is 1. The fraction of sp³-hybridized carbons (Fsp3) is 0.583. The molecule has 0 aliphatic rings. The first-order chi connectivity index (χ1) is 8.08. The summed E-state index contributed by atoms with van der Waals surface area (Å²) in [7, 11) is 0. The molecule has 0 bridgehead atoms. The zero-order valence-electron chi connectivity index (χ0n) is 10.0. The molecule has 96 valence electrons. The SMILES string of the molecule is CCC(CC)C(Cl)CNc1ncc(Br)cc1F. The normalized spacial score (nSPS) is 12.8. The van der Waals surface area contributed by atoms with Gasteiger partial charge in [0.05, 0.1) is 5.38 Å². The second-order valence-corrected chi connectivity index (χ2v) is 5.43. The van der Waals surface area contributed by atoms with Gasteiger partial charge in [0.2, 0.25) is 0 Å². The Labute approximate surface area is 115 Å². The number of nitrogens with zero attached hydrogens (tertiary/aromatic N) is 1. The van der Waals surface area contributed by atoms with Crippen LogP contribution in [-0.4, -0.2) is 16.9 Å². The molecule has 0 saturated heterocycles. The summed E-state index contributed by atoms with van der Waals surface area (Å²) < 4.78 is 14.1. The second-order valence-electron chi connectivity index (χ2n) is 3.96. The van der Waals surface area contributed by atoms with Crippen molar-refractivity contribution in [3.8, 4) is 0 Å². The predicted octanol–water partition coefficient (Wildman–Crippen LogP) is 4.44. The monoisotopic (exact) mass is 322 g/mol. The predicted molar refractivity (Wildman–Crippen MR) is 74.1 cm³/mol. The molecule has 0 spiro atoms. The van der Waals surface area contributed by atoms with Crippen molar-refractivity contribution < 1.29 is 4.39 Å². The Morgan fingerprint density at radius 1 is 1.47 bits per heavy atom. The van der Waals surface area contributed by atoms with Crippen molar-refractivity contribution in [2.24, 2.45) is 5.92 Å². The molecule has 2 nitrogen and oxygen atoms in total. The van der Waals surface area contributed by atoms with Gasteiger partial charge in [-0.25, -0.2) is 9.37 Å². The Balaban J connectivity index is 2.55. The first-order valence-corrected chi connectivity index (χ1v) is 7.00. The number of hydrogen-bond acceptors (Lipinski definition) is 2. The molecule has 1 unspecified atom stereocenters. The van der Waals surface area contributed by atoms with E-state index in [1.165, 1.54) is 6.07 Å². The molecule has 1 aromatic heterocycles. The summed E-state index contributed by atoms with van der Waals surface area (Å²) in [4.78, 5) is 3.97. The number of pyridine rings is 1. The summed E-state index contributed by atoms with van der Waals surface area (Å²) in [6.07, 6.45) is 3.62. The molecule has 0 aliphatic carbocycles. The van der Waals surface area contributed by atoms with Gasteiger partial charge in [0, 0.05) is 17.2 Å². The third-order valence-electron chi connectivity index (χ3n) is 2.83. The minimum atomic E-state index is -0.368. The maximum Gasteiger partial charge on any atom is 0.166 e. The fourth-order valence-electron chi connectivity index (χ4n) is 1.71. The molecule has 1 aromatic rings. The van der Waals surface area contributed by atoms with Gasteiger partial charge in [-0.05, 0) is 27.9 Å². The Bertz CT molecular complexity index is 358. The summed E-state index contributed by atoms with van der Waals surface area (Å²) in [5.74, 6) is 0.334. The van der Waals surface area contributed by atoms with Gasteiger partial charge in [-0.2, -0.15) is 0 Å². The molecule has 1 N–H and O–H groups in total. The molecule has 0 amide bonds. The van der Waals surface area contributed by atoms with Crippen LogP contribution in [0.2, 0.25) is 0 Å². The van der Waals surface area contributed by atoms with Crippen LogP contribution in [0.4, 0.5) is 10.2 Å². The van der Waals surface area contributed by atoms with E-state index in [4.69, 9.17) is 11.6 Å². The van der Waals surface area contributed by atoms with Gasteiger partial charge in [-0.3, -0.25) is 0 Å². The van der Waals surface area contributed by atoms with Crippen molar-refractivity contribution in [2.45, 2.75) is 32.1 Å². The van der Waals surface area contributed by atoms with Gasteiger partial charge in [-0.15, -0.1) is 11.6 Å². The van der Waals surface area contributed by atoms with E-state index in [1.807, 2.05) is 0 Å². The molecule has 0 fully saturated rings. The van der Waals surface area contributed by atoms with Gasteiger partial charge in [0.15, 0.2) is 11.6 Å². The summed E-state index contributed by atoms with van der Waals surface area (Å²) in [5, 5.41) is 2.95. The summed E-state index contributed by atoms with van der Waals surface area (Å²) in [6.45, 7) is 4.75. The van der Waals surface area contributed by atoms with Gasteiger partial charge >= 0.3 is 0 Å². The first kappa shape index (κ1) is 14.7. The molecule has 5 heteroatoms. The van der Waals surface area contributed by atoms with Crippen molar-refractivity contribution in [2.75, 3.05) is 11.9 Å². The van der Waals surface area contributed by atoms with Crippen LogP contribution >= 0.6 is 27.5 Å². The maximum atomic E-state index is 13.5. The minimum Gasteiger partial charge on any atom is -0.366 e. The number of rotatable bonds is 6. The maximum absolute atomic E-state index is 13.5. The summed E-state index contributed by atoms with van der Waals surface area (Å²) in [6, 6.07) is 1.38. The lowest BCUT2D eigenvalue weighted by Crippen LogP contribution is -2.23. The zero-order chi connectivity index (χ0) is 12.8. The second kappa shape index (κ2) is 7.17. The van der Waals surface area contributed by atoms with E-state index in [0.717, 1.165) is 12.8 Å². The lowest BCUT2D eigenvalue weighted by Gasteiger charge is -2.19. The Morgan fingerprint density at radius 2 is 2.12 bits per heavy atom. The summed E-state index contributed by atoms with van der Waals surface area (Å²) >= 11 is 9.42. The highest BCUT2D eigenvalue weighted by molar-refractivity contribution is 9.10. The Kier molecular flexibility index (Phi) is 6.20. The average molecular weight is 324 g/mol. The van der Waals surface area contributed by atoms with Gasteiger partial charge < -0.3 is 5.32 Å². The number of halogens is 3. The Hall–Kier alpha value is -0.350. The molecule has 0 aliphatic heterocycles. The number of anilines is 1. The van der Waals surface area contributed by atoms with Crippen LogP contribution in [0.15, 0.2) is 16.7 Å². The Morgan fingerprint density at radius 3 is 2.65 bits per heavy atom. The average Bonchev–Trinajstić information content (AvgIpc) is 2.29. The van der Waals surface area contributed by atoms with Crippen LogP contribution < -0.4 is 5.32 Å². The number of alkyl halides is 1.